The number of rotatable bonds is 15. The van der Waals surface area contributed by atoms with E-state index in [9.17, 15) is 28.1 Å². The van der Waals surface area contributed by atoms with Crippen LogP contribution in [0.4, 0.5) is 17.1 Å². The fourth-order valence-corrected chi connectivity index (χ4v) is 8.46. The lowest BCUT2D eigenvalue weighted by Gasteiger charge is -2.36. The minimum absolute atomic E-state index is 0.0272. The maximum Gasteiger partial charge on any atom is 0.293 e. The van der Waals surface area contributed by atoms with Crippen molar-refractivity contribution in [3.05, 3.63) is 148 Å². The van der Waals surface area contributed by atoms with Crippen molar-refractivity contribution in [1.29, 1.82) is 0 Å². The number of thioether (sulfide) groups is 1. The van der Waals surface area contributed by atoms with Gasteiger partial charge < -0.3 is 15.5 Å². The maximum absolute atomic E-state index is 13.3. The lowest BCUT2D eigenvalue weighted by Crippen LogP contribution is -2.46. The number of nitro benzene ring substituents is 1. The highest BCUT2D eigenvalue weighted by Gasteiger charge is 2.26. The summed E-state index contributed by atoms with van der Waals surface area (Å²) in [5.74, 6) is -0.727. The minimum atomic E-state index is -4.49. The third kappa shape index (κ3) is 10.5. The number of anilines is 2. The average molecular weight is 813 g/mol. The summed E-state index contributed by atoms with van der Waals surface area (Å²) in [6.45, 7) is 4.00. The molecule has 0 radical (unpaired) electrons. The Bertz CT molecular complexity index is 2270. The van der Waals surface area contributed by atoms with Crippen LogP contribution in [0, 0.1) is 10.1 Å². The molecule has 0 spiro atoms. The second-order valence-electron chi connectivity index (χ2n) is 13.2. The van der Waals surface area contributed by atoms with Crippen LogP contribution in [0.1, 0.15) is 22.3 Å². The van der Waals surface area contributed by atoms with Crippen LogP contribution in [0.3, 0.4) is 0 Å². The van der Waals surface area contributed by atoms with E-state index in [-0.39, 0.29) is 23.6 Å². The first-order chi connectivity index (χ1) is 27.0. The van der Waals surface area contributed by atoms with Gasteiger partial charge in [0.1, 0.15) is 5.69 Å². The van der Waals surface area contributed by atoms with Crippen LogP contribution >= 0.6 is 23.4 Å². The van der Waals surface area contributed by atoms with Crippen LogP contribution in [0.5, 0.6) is 0 Å². The normalized spacial score (nSPS) is 13.8. The molecular formula is C41H41ClN6O6S2. The molecular weight excluding hydrogens is 772 g/mol. The number of carbonyl (C=O) groups is 2. The highest BCUT2D eigenvalue weighted by molar-refractivity contribution is 7.99. The maximum atomic E-state index is 13.3. The van der Waals surface area contributed by atoms with Crippen LogP contribution < -0.4 is 20.3 Å². The van der Waals surface area contributed by atoms with Crippen LogP contribution in [0.15, 0.2) is 131 Å². The number of amides is 2. The quantitative estimate of drug-likeness (QED) is 0.0569. The zero-order chi connectivity index (χ0) is 39.7. The molecule has 1 aliphatic heterocycles. The van der Waals surface area contributed by atoms with Crippen molar-refractivity contribution in [2.24, 2.45) is 0 Å². The van der Waals surface area contributed by atoms with Gasteiger partial charge in [0.15, 0.2) is 0 Å². The second-order valence-corrected chi connectivity index (χ2v) is 16.4. The van der Waals surface area contributed by atoms with Gasteiger partial charge in [-0.15, -0.1) is 11.8 Å². The molecule has 5 aromatic rings. The molecule has 56 heavy (non-hydrogen) atoms. The molecule has 0 aliphatic carbocycles. The number of benzene rings is 5. The van der Waals surface area contributed by atoms with E-state index in [2.05, 4.69) is 32.6 Å². The number of hydrogen-bond donors (Lipinski definition) is 3. The van der Waals surface area contributed by atoms with Gasteiger partial charge in [-0.25, -0.2) is 13.1 Å². The molecule has 1 saturated heterocycles. The Morgan fingerprint density at radius 2 is 1.55 bits per heavy atom. The summed E-state index contributed by atoms with van der Waals surface area (Å²) in [5.41, 5.74) is 4.08. The standard InChI is InChI=1S/C41H41ClN6O6S2/c1-43-40(49)25-33(28-55-35-8-3-2-4-9-35)44-38-20-19-36(26-39(38)48(51)52)56(53,54)45-41(50)30-13-17-34(18-14-30)47-23-21-46(22-24-47)27-31-7-5-6-10-37(31)29-11-15-32(42)16-12-29/h2-20,26,33,44H,21-25,27-28H2,1H3,(H,43,49)(H,45,50)/t33-/m1/s1. The van der Waals surface area contributed by atoms with Crippen LogP contribution in [0.25, 0.3) is 11.1 Å². The van der Waals surface area contributed by atoms with Gasteiger partial charge in [0.25, 0.3) is 21.6 Å². The minimum Gasteiger partial charge on any atom is -0.375 e. The van der Waals surface area contributed by atoms with E-state index in [1.807, 2.05) is 71.5 Å². The number of piperazine rings is 1. The predicted molar refractivity (Wildman–Crippen MR) is 222 cm³/mol. The monoisotopic (exact) mass is 812 g/mol. The molecule has 0 saturated carbocycles. The van der Waals surface area contributed by atoms with E-state index in [1.54, 1.807) is 24.3 Å². The molecule has 2 amide bonds. The SMILES string of the molecule is CNC(=O)C[C@H](CSc1ccccc1)Nc1ccc(S(=O)(=O)NC(=O)c2ccc(N3CCN(Cc4ccccc4-c4ccc(Cl)cc4)CC3)cc2)cc1[N+](=O)[O-]. The van der Waals surface area contributed by atoms with Crippen LogP contribution in [-0.4, -0.2) is 75.1 Å². The summed E-state index contributed by atoms with van der Waals surface area (Å²) in [4.78, 5) is 41.9. The second kappa shape index (κ2) is 18.5. The fraction of sp³-hybridized carbons (Fsp3) is 0.220. The smallest absolute Gasteiger partial charge is 0.293 e. The number of halogens is 1. The zero-order valence-electron chi connectivity index (χ0n) is 30.6. The molecule has 5 aromatic carbocycles. The summed E-state index contributed by atoms with van der Waals surface area (Å²) in [6.07, 6.45) is 0.0272. The van der Waals surface area contributed by atoms with Gasteiger partial charge in [-0.05, 0) is 77.4 Å². The summed E-state index contributed by atoms with van der Waals surface area (Å²) in [5, 5.41) is 18.4. The summed E-state index contributed by atoms with van der Waals surface area (Å²) in [7, 11) is -2.98. The van der Waals surface area contributed by atoms with E-state index >= 15 is 0 Å². The van der Waals surface area contributed by atoms with Crippen molar-refractivity contribution in [2.75, 3.05) is 49.2 Å². The van der Waals surface area contributed by atoms with Gasteiger partial charge in [0.05, 0.1) is 9.82 Å². The van der Waals surface area contributed by atoms with Crippen molar-refractivity contribution >= 4 is 62.3 Å². The van der Waals surface area contributed by atoms with E-state index in [4.69, 9.17) is 11.6 Å². The molecule has 1 fully saturated rings. The largest absolute Gasteiger partial charge is 0.375 e. The topological polar surface area (TPSA) is 154 Å². The number of nitrogens with one attached hydrogen (secondary N) is 3. The van der Waals surface area contributed by atoms with Gasteiger partial charge in [0, 0.05) is 85.2 Å². The Balaban J connectivity index is 1.06. The molecule has 1 atom stereocenters. The van der Waals surface area contributed by atoms with E-state index in [0.717, 1.165) is 54.9 Å². The van der Waals surface area contributed by atoms with Crippen molar-refractivity contribution < 1.29 is 22.9 Å². The first-order valence-corrected chi connectivity index (χ1v) is 20.8. The third-order valence-corrected chi connectivity index (χ3v) is 12.2. The third-order valence-electron chi connectivity index (χ3n) is 9.40. The molecule has 290 valence electrons. The van der Waals surface area contributed by atoms with Gasteiger partial charge in [-0.2, -0.15) is 0 Å². The molecule has 0 aromatic heterocycles. The number of hydrogen-bond acceptors (Lipinski definition) is 10. The number of nitro groups is 1. The molecule has 0 bridgehead atoms. The lowest BCUT2D eigenvalue weighted by molar-refractivity contribution is -0.384. The molecule has 0 unspecified atom stereocenters. The first-order valence-electron chi connectivity index (χ1n) is 17.9. The Morgan fingerprint density at radius 3 is 2.23 bits per heavy atom. The van der Waals surface area contributed by atoms with E-state index < -0.39 is 37.5 Å². The summed E-state index contributed by atoms with van der Waals surface area (Å²) in [6, 6.07) is 35.2. The Labute approximate surface area is 335 Å². The van der Waals surface area contributed by atoms with E-state index in [0.29, 0.717) is 10.8 Å². The highest BCUT2D eigenvalue weighted by Crippen LogP contribution is 2.31. The van der Waals surface area contributed by atoms with Gasteiger partial charge >= 0.3 is 0 Å². The predicted octanol–water partition coefficient (Wildman–Crippen LogP) is 7.07. The van der Waals surface area contributed by atoms with Gasteiger partial charge in [-0.3, -0.25) is 24.6 Å². The first kappa shape index (κ1) is 40.3. The van der Waals surface area contributed by atoms with Crippen molar-refractivity contribution in [2.45, 2.75) is 28.8 Å². The Morgan fingerprint density at radius 1 is 0.875 bits per heavy atom. The number of sulfonamides is 1. The molecule has 1 aliphatic rings. The molecule has 1 heterocycles. The highest BCUT2D eigenvalue weighted by atomic mass is 35.5. The Hall–Kier alpha value is -5.41. The van der Waals surface area contributed by atoms with E-state index in [1.165, 1.54) is 42.1 Å². The molecule has 12 nitrogen and oxygen atoms in total. The number of carbonyl (C=O) groups excluding carboxylic acids is 2. The average Bonchev–Trinajstić information content (AvgIpc) is 3.21. The van der Waals surface area contributed by atoms with Crippen molar-refractivity contribution in [1.82, 2.24) is 14.9 Å². The molecule has 15 heteroatoms. The van der Waals surface area contributed by atoms with Crippen molar-refractivity contribution in [3.8, 4) is 11.1 Å². The zero-order valence-corrected chi connectivity index (χ0v) is 32.9. The van der Waals surface area contributed by atoms with Gasteiger partial charge in [-0.1, -0.05) is 66.2 Å². The fourth-order valence-electron chi connectivity index (χ4n) is 6.40. The van der Waals surface area contributed by atoms with Crippen LogP contribution in [0.2, 0.25) is 5.02 Å². The summed E-state index contributed by atoms with van der Waals surface area (Å²) < 4.78 is 28.7. The molecule has 6 rings (SSSR count). The summed E-state index contributed by atoms with van der Waals surface area (Å²) >= 11 is 7.58. The molecule has 3 N–H and O–H groups in total. The number of nitrogens with zero attached hydrogens (tertiary/aromatic N) is 3. The van der Waals surface area contributed by atoms with Gasteiger partial charge in [0.2, 0.25) is 5.91 Å². The van der Waals surface area contributed by atoms with Crippen molar-refractivity contribution in [3.63, 3.8) is 0 Å². The lowest BCUT2D eigenvalue weighted by atomic mass is 9.99. The Kier molecular flexibility index (Phi) is 13.3. The van der Waals surface area contributed by atoms with Crippen LogP contribution in [-0.2, 0) is 21.4 Å².